The monoisotopic (exact) mass is 440 g/mol. The molecule has 1 aromatic heterocycles. The van der Waals surface area contributed by atoms with Gasteiger partial charge in [0.05, 0.1) is 5.39 Å². The molecular weight excluding hydrogens is 423 g/mol. The molecule has 0 spiro atoms. The molecule has 4 nitrogen and oxygen atoms in total. The Bertz CT molecular complexity index is 1270. The summed E-state index contributed by atoms with van der Waals surface area (Å²) in [7, 11) is 0. The molecule has 152 valence electrons. The number of fused-ring (bicyclic) bond motifs is 1. The van der Waals surface area contributed by atoms with Crippen LogP contribution in [0.2, 0.25) is 10.0 Å². The number of aryl methyl sites for hydroxylation is 2. The summed E-state index contributed by atoms with van der Waals surface area (Å²) in [6.45, 7) is 4.21. The molecule has 0 bridgehead atoms. The highest BCUT2D eigenvalue weighted by Gasteiger charge is 2.11. The van der Waals surface area contributed by atoms with Crippen molar-refractivity contribution in [3.8, 4) is 17.2 Å². The van der Waals surface area contributed by atoms with E-state index in [0.29, 0.717) is 32.5 Å². The second kappa shape index (κ2) is 8.42. The topological polar surface area (TPSA) is 48.7 Å². The predicted molar refractivity (Wildman–Crippen MR) is 119 cm³/mol. The molecule has 0 atom stereocenters. The Morgan fingerprint density at radius 2 is 1.67 bits per heavy atom. The summed E-state index contributed by atoms with van der Waals surface area (Å²) in [6.07, 6.45) is 1.32. The maximum Gasteiger partial charge on any atom is 0.235 e. The second-order valence-corrected chi connectivity index (χ2v) is 7.88. The van der Waals surface area contributed by atoms with E-state index < -0.39 is 0 Å². The van der Waals surface area contributed by atoms with E-state index in [1.807, 2.05) is 38.1 Å². The summed E-state index contributed by atoms with van der Waals surface area (Å²) in [5.41, 5.74) is 3.07. The SMILES string of the molecule is Cc1cc(C)cc(Oc2coc3cc(OCc4ccc(Cl)cc4Cl)ccc3c2=O)c1. The number of hydrogen-bond acceptors (Lipinski definition) is 4. The lowest BCUT2D eigenvalue weighted by atomic mass is 10.1. The highest BCUT2D eigenvalue weighted by Crippen LogP contribution is 2.27. The van der Waals surface area contributed by atoms with Crippen LogP contribution in [-0.4, -0.2) is 0 Å². The number of rotatable bonds is 5. The first kappa shape index (κ1) is 20.3. The van der Waals surface area contributed by atoms with Crippen LogP contribution in [-0.2, 0) is 6.61 Å². The van der Waals surface area contributed by atoms with Crippen molar-refractivity contribution in [1.29, 1.82) is 0 Å². The van der Waals surface area contributed by atoms with Crippen molar-refractivity contribution in [2.24, 2.45) is 0 Å². The zero-order valence-electron chi connectivity index (χ0n) is 16.4. The highest BCUT2D eigenvalue weighted by molar-refractivity contribution is 6.35. The standard InChI is InChI=1S/C24H18Cl2O4/c1-14-7-15(2)9-19(8-14)30-23-13-29-22-11-18(5-6-20(22)24(23)27)28-12-16-3-4-17(25)10-21(16)26/h3-11,13H,12H2,1-2H3. The number of hydrogen-bond donors (Lipinski definition) is 0. The van der Waals surface area contributed by atoms with E-state index in [1.165, 1.54) is 6.26 Å². The molecule has 30 heavy (non-hydrogen) atoms. The lowest BCUT2D eigenvalue weighted by Gasteiger charge is -2.10. The minimum Gasteiger partial charge on any atom is -0.489 e. The molecule has 0 amide bonds. The van der Waals surface area contributed by atoms with E-state index in [9.17, 15) is 4.79 Å². The molecular formula is C24H18Cl2O4. The molecule has 1 heterocycles. The van der Waals surface area contributed by atoms with Crippen LogP contribution in [0, 0.1) is 13.8 Å². The molecule has 4 aromatic rings. The first-order valence-electron chi connectivity index (χ1n) is 9.27. The van der Waals surface area contributed by atoms with E-state index in [2.05, 4.69) is 0 Å². The van der Waals surface area contributed by atoms with Gasteiger partial charge in [0.2, 0.25) is 11.2 Å². The zero-order valence-corrected chi connectivity index (χ0v) is 17.9. The van der Waals surface area contributed by atoms with Gasteiger partial charge in [0.25, 0.3) is 0 Å². The maximum absolute atomic E-state index is 12.8. The van der Waals surface area contributed by atoms with E-state index >= 15 is 0 Å². The van der Waals surface area contributed by atoms with Gasteiger partial charge in [0.15, 0.2) is 0 Å². The molecule has 0 unspecified atom stereocenters. The van der Waals surface area contributed by atoms with Crippen molar-refractivity contribution in [3.05, 3.63) is 97.8 Å². The number of halogens is 2. The Kier molecular flexibility index (Phi) is 5.71. The summed E-state index contributed by atoms with van der Waals surface area (Å²) < 4.78 is 17.2. The molecule has 0 saturated carbocycles. The Morgan fingerprint density at radius 3 is 2.40 bits per heavy atom. The fourth-order valence-electron chi connectivity index (χ4n) is 3.17. The van der Waals surface area contributed by atoms with Crippen molar-refractivity contribution in [3.63, 3.8) is 0 Å². The van der Waals surface area contributed by atoms with Gasteiger partial charge in [-0.1, -0.05) is 35.3 Å². The van der Waals surface area contributed by atoms with Crippen LogP contribution in [0.5, 0.6) is 17.2 Å². The van der Waals surface area contributed by atoms with Gasteiger partial charge in [-0.05, 0) is 61.4 Å². The first-order chi connectivity index (χ1) is 14.4. The van der Waals surface area contributed by atoms with Crippen LogP contribution < -0.4 is 14.9 Å². The quantitative estimate of drug-likeness (QED) is 0.332. The fourth-order valence-corrected chi connectivity index (χ4v) is 3.63. The Morgan fingerprint density at radius 1 is 0.900 bits per heavy atom. The van der Waals surface area contributed by atoms with Crippen molar-refractivity contribution >= 4 is 34.2 Å². The minimum absolute atomic E-state index is 0.133. The lowest BCUT2D eigenvalue weighted by Crippen LogP contribution is -2.05. The van der Waals surface area contributed by atoms with E-state index in [0.717, 1.165) is 16.7 Å². The van der Waals surface area contributed by atoms with Gasteiger partial charge in [0.1, 0.15) is 30.0 Å². The van der Waals surface area contributed by atoms with Crippen molar-refractivity contribution < 1.29 is 13.9 Å². The molecule has 0 N–H and O–H groups in total. The van der Waals surface area contributed by atoms with Gasteiger partial charge in [0, 0.05) is 21.7 Å². The van der Waals surface area contributed by atoms with Crippen molar-refractivity contribution in [2.75, 3.05) is 0 Å². The van der Waals surface area contributed by atoms with Crippen LogP contribution in [0.1, 0.15) is 16.7 Å². The van der Waals surface area contributed by atoms with Crippen molar-refractivity contribution in [1.82, 2.24) is 0 Å². The molecule has 0 radical (unpaired) electrons. The van der Waals surface area contributed by atoms with Gasteiger partial charge >= 0.3 is 0 Å². The third-order valence-electron chi connectivity index (χ3n) is 4.55. The maximum atomic E-state index is 12.8. The normalized spacial score (nSPS) is 10.9. The molecule has 0 aliphatic heterocycles. The number of benzene rings is 3. The molecule has 0 aliphatic carbocycles. The molecule has 6 heteroatoms. The zero-order chi connectivity index (χ0) is 21.3. The Labute approximate surface area is 183 Å². The average molecular weight is 441 g/mol. The summed E-state index contributed by atoms with van der Waals surface area (Å²) in [4.78, 5) is 12.8. The summed E-state index contributed by atoms with van der Waals surface area (Å²) in [5.74, 6) is 1.28. The summed E-state index contributed by atoms with van der Waals surface area (Å²) in [5, 5.41) is 1.51. The molecule has 0 saturated heterocycles. The largest absolute Gasteiger partial charge is 0.489 e. The summed E-state index contributed by atoms with van der Waals surface area (Å²) >= 11 is 12.1. The molecule has 0 aliphatic rings. The van der Waals surface area contributed by atoms with E-state index in [4.69, 9.17) is 37.1 Å². The summed E-state index contributed by atoms with van der Waals surface area (Å²) in [6, 6.07) is 16.0. The lowest BCUT2D eigenvalue weighted by molar-refractivity contribution is 0.306. The van der Waals surface area contributed by atoms with Crippen LogP contribution in [0.4, 0.5) is 0 Å². The molecule has 4 rings (SSSR count). The van der Waals surface area contributed by atoms with E-state index in [1.54, 1.807) is 30.3 Å². The molecule has 3 aromatic carbocycles. The van der Waals surface area contributed by atoms with Gasteiger partial charge < -0.3 is 13.9 Å². The van der Waals surface area contributed by atoms with Gasteiger partial charge in [-0.3, -0.25) is 4.79 Å². The highest BCUT2D eigenvalue weighted by atomic mass is 35.5. The first-order valence-corrected chi connectivity index (χ1v) is 10.0. The van der Waals surface area contributed by atoms with Crippen LogP contribution in [0.25, 0.3) is 11.0 Å². The third kappa shape index (κ3) is 4.45. The molecule has 0 fully saturated rings. The predicted octanol–water partition coefficient (Wildman–Crippen LogP) is 7.09. The van der Waals surface area contributed by atoms with Crippen LogP contribution >= 0.6 is 23.2 Å². The van der Waals surface area contributed by atoms with Gasteiger partial charge in [-0.2, -0.15) is 0 Å². The number of ether oxygens (including phenoxy) is 2. The van der Waals surface area contributed by atoms with Crippen LogP contribution in [0.3, 0.4) is 0 Å². The smallest absolute Gasteiger partial charge is 0.235 e. The minimum atomic E-state index is -0.247. The van der Waals surface area contributed by atoms with Crippen LogP contribution in [0.15, 0.2) is 70.1 Å². The van der Waals surface area contributed by atoms with E-state index in [-0.39, 0.29) is 17.8 Å². The fraction of sp³-hybridized carbons (Fsp3) is 0.125. The van der Waals surface area contributed by atoms with Gasteiger partial charge in [-0.15, -0.1) is 0 Å². The Hall–Kier alpha value is -2.95. The van der Waals surface area contributed by atoms with Crippen molar-refractivity contribution in [2.45, 2.75) is 20.5 Å². The van der Waals surface area contributed by atoms with Gasteiger partial charge in [-0.25, -0.2) is 0 Å². The third-order valence-corrected chi connectivity index (χ3v) is 5.13. The Balaban J connectivity index is 1.57. The average Bonchev–Trinajstić information content (AvgIpc) is 2.69. The second-order valence-electron chi connectivity index (χ2n) is 7.04.